The topological polar surface area (TPSA) is 89.6 Å². The van der Waals surface area contributed by atoms with Crippen molar-refractivity contribution in [3.8, 4) is 11.5 Å². The molecule has 1 atom stereocenters. The van der Waals surface area contributed by atoms with Crippen molar-refractivity contribution in [2.75, 3.05) is 17.4 Å². The summed E-state index contributed by atoms with van der Waals surface area (Å²) in [6.07, 6.45) is 1.50. The fraction of sp³-hybridized carbons (Fsp3) is 0.227. The molecule has 1 aliphatic heterocycles. The number of carbonyl (C=O) groups excluding carboxylic acids is 2. The highest BCUT2D eigenvalue weighted by Crippen LogP contribution is 2.39. The van der Waals surface area contributed by atoms with Crippen molar-refractivity contribution in [2.45, 2.75) is 25.7 Å². The second-order valence-corrected chi connectivity index (χ2v) is 8.38. The zero-order valence-corrected chi connectivity index (χ0v) is 17.0. The molecule has 2 aromatic carbocycles. The highest BCUT2D eigenvalue weighted by molar-refractivity contribution is 7.16. The van der Waals surface area contributed by atoms with Gasteiger partial charge in [-0.15, -0.1) is 11.3 Å². The Labute approximate surface area is 177 Å². The van der Waals surface area contributed by atoms with Gasteiger partial charge in [-0.2, -0.15) is 0 Å². The lowest BCUT2D eigenvalue weighted by Gasteiger charge is -2.11. The maximum atomic E-state index is 12.8. The molecule has 1 aliphatic carbocycles. The van der Waals surface area contributed by atoms with Crippen LogP contribution in [0.1, 0.15) is 38.8 Å². The Balaban J connectivity index is 1.29. The van der Waals surface area contributed by atoms with Crippen LogP contribution in [0.2, 0.25) is 0 Å². The molecule has 0 radical (unpaired) electrons. The molecule has 0 spiro atoms. The van der Waals surface area contributed by atoms with Crippen molar-refractivity contribution in [2.24, 2.45) is 0 Å². The van der Waals surface area contributed by atoms with Gasteiger partial charge in [0, 0.05) is 16.1 Å². The minimum absolute atomic E-state index is 0.0710. The van der Waals surface area contributed by atoms with Crippen LogP contribution >= 0.6 is 11.3 Å². The number of carbonyl (C=O) groups is 2. The van der Waals surface area contributed by atoms with E-state index >= 15 is 0 Å². The quantitative estimate of drug-likeness (QED) is 0.662. The van der Waals surface area contributed by atoms with E-state index < -0.39 is 0 Å². The van der Waals surface area contributed by atoms with Crippen LogP contribution in [0.15, 0.2) is 42.5 Å². The predicted molar refractivity (Wildman–Crippen MR) is 114 cm³/mol. The molecule has 1 aromatic heterocycles. The maximum Gasteiger partial charge on any atom is 0.257 e. The number of hydrogen-bond acceptors (Lipinski definition) is 6. The smallest absolute Gasteiger partial charge is 0.257 e. The molecule has 3 aromatic rings. The number of benzene rings is 2. The van der Waals surface area contributed by atoms with Gasteiger partial charge in [0.1, 0.15) is 0 Å². The number of ether oxygens (including phenoxy) is 2. The highest BCUT2D eigenvalue weighted by atomic mass is 32.1. The largest absolute Gasteiger partial charge is 0.454 e. The van der Waals surface area contributed by atoms with Gasteiger partial charge in [0.05, 0.1) is 11.6 Å². The van der Waals surface area contributed by atoms with Crippen LogP contribution in [-0.4, -0.2) is 23.6 Å². The van der Waals surface area contributed by atoms with E-state index in [1.807, 2.05) is 31.2 Å². The second kappa shape index (κ2) is 7.46. The summed E-state index contributed by atoms with van der Waals surface area (Å²) in [6, 6.07) is 12.8. The summed E-state index contributed by atoms with van der Waals surface area (Å²) < 4.78 is 10.6. The van der Waals surface area contributed by atoms with Crippen LogP contribution in [0.4, 0.5) is 10.8 Å². The maximum absolute atomic E-state index is 12.8. The summed E-state index contributed by atoms with van der Waals surface area (Å²) >= 11 is 1.42. The fourth-order valence-electron chi connectivity index (χ4n) is 3.70. The molecule has 0 fully saturated rings. The van der Waals surface area contributed by atoms with Crippen LogP contribution in [0.3, 0.4) is 0 Å². The lowest BCUT2D eigenvalue weighted by atomic mass is 10.1. The predicted octanol–water partition coefficient (Wildman–Crippen LogP) is 4.10. The molecule has 7 nitrogen and oxygen atoms in total. The molecule has 152 valence electrons. The van der Waals surface area contributed by atoms with E-state index in [0.717, 1.165) is 34.7 Å². The normalized spacial score (nSPS) is 16.2. The van der Waals surface area contributed by atoms with E-state index in [9.17, 15) is 9.59 Å². The van der Waals surface area contributed by atoms with Gasteiger partial charge in [-0.25, -0.2) is 4.98 Å². The first-order valence-corrected chi connectivity index (χ1v) is 10.5. The van der Waals surface area contributed by atoms with Crippen molar-refractivity contribution in [1.29, 1.82) is 0 Å². The van der Waals surface area contributed by atoms with E-state index in [1.54, 1.807) is 18.2 Å². The number of hydrogen-bond donors (Lipinski definition) is 2. The molecule has 0 saturated carbocycles. The van der Waals surface area contributed by atoms with E-state index in [4.69, 9.17) is 9.47 Å². The van der Waals surface area contributed by atoms with Crippen LogP contribution in [0.5, 0.6) is 11.5 Å². The van der Waals surface area contributed by atoms with Gasteiger partial charge in [-0.3, -0.25) is 14.9 Å². The first-order chi connectivity index (χ1) is 14.6. The number of nitrogens with one attached hydrogen (secondary N) is 2. The summed E-state index contributed by atoms with van der Waals surface area (Å²) in [5, 5.41) is 6.31. The molecule has 1 unspecified atom stereocenters. The second-order valence-electron chi connectivity index (χ2n) is 7.30. The summed E-state index contributed by atoms with van der Waals surface area (Å²) in [5.74, 6) is 0.521. The molecule has 8 heteroatoms. The average molecular weight is 421 g/mol. The zero-order chi connectivity index (χ0) is 20.7. The number of thiazole rings is 1. The summed E-state index contributed by atoms with van der Waals surface area (Å²) in [4.78, 5) is 31.0. The number of nitrogens with zero attached hydrogens (tertiary/aromatic N) is 1. The molecule has 5 rings (SSSR count). The molecule has 0 saturated heterocycles. The van der Waals surface area contributed by atoms with Crippen molar-refractivity contribution in [3.63, 3.8) is 0 Å². The standard InChI is InChI=1S/C22H19N3O4S/c1-12-3-2-4-14(9-12)23-21(27)15-6-8-18-19(15)24-22(30-18)25-20(26)13-5-7-16-17(10-13)29-11-28-16/h2-5,7,9-10,15H,6,8,11H2,1H3,(H,23,27)(H,24,25,26). The van der Waals surface area contributed by atoms with Gasteiger partial charge in [0.2, 0.25) is 12.7 Å². The van der Waals surface area contributed by atoms with E-state index in [0.29, 0.717) is 22.2 Å². The first kappa shape index (κ1) is 18.6. The number of rotatable bonds is 4. The van der Waals surface area contributed by atoms with Gasteiger partial charge in [-0.05, 0) is 55.7 Å². The highest BCUT2D eigenvalue weighted by Gasteiger charge is 2.33. The van der Waals surface area contributed by atoms with Gasteiger partial charge >= 0.3 is 0 Å². The number of fused-ring (bicyclic) bond motifs is 2. The third kappa shape index (κ3) is 3.50. The van der Waals surface area contributed by atoms with Crippen molar-refractivity contribution in [3.05, 3.63) is 64.2 Å². The SMILES string of the molecule is Cc1cccc(NC(=O)C2CCc3sc(NC(=O)c4ccc5c(c4)OCO5)nc32)c1. The molecule has 0 bridgehead atoms. The van der Waals surface area contributed by atoms with E-state index in [2.05, 4.69) is 15.6 Å². The first-order valence-electron chi connectivity index (χ1n) is 9.65. The number of anilines is 2. The molecule has 2 amide bonds. The van der Waals surface area contributed by atoms with Gasteiger partial charge < -0.3 is 14.8 Å². The van der Waals surface area contributed by atoms with E-state index in [1.165, 1.54) is 11.3 Å². The Bertz CT molecular complexity index is 1160. The van der Waals surface area contributed by atoms with E-state index in [-0.39, 0.29) is 24.5 Å². The van der Waals surface area contributed by atoms with Gasteiger partial charge in [0.25, 0.3) is 5.91 Å². The van der Waals surface area contributed by atoms with Crippen molar-refractivity contribution >= 4 is 34.0 Å². The summed E-state index contributed by atoms with van der Waals surface area (Å²) in [6.45, 7) is 2.14. The third-order valence-corrected chi connectivity index (χ3v) is 6.22. The molecule has 2 N–H and O–H groups in total. The molecule has 2 aliphatic rings. The monoisotopic (exact) mass is 421 g/mol. The third-order valence-electron chi connectivity index (χ3n) is 5.18. The molecule has 30 heavy (non-hydrogen) atoms. The Morgan fingerprint density at radius 3 is 2.83 bits per heavy atom. The van der Waals surface area contributed by atoms with Crippen LogP contribution in [0, 0.1) is 6.92 Å². The Morgan fingerprint density at radius 2 is 1.97 bits per heavy atom. The Morgan fingerprint density at radius 1 is 1.10 bits per heavy atom. The summed E-state index contributed by atoms with van der Waals surface area (Å²) in [7, 11) is 0. The van der Waals surface area contributed by atoms with Gasteiger partial charge in [0.15, 0.2) is 16.6 Å². The molecule has 2 heterocycles. The minimum atomic E-state index is -0.312. The lowest BCUT2D eigenvalue weighted by molar-refractivity contribution is -0.117. The Hall–Kier alpha value is -3.39. The Kier molecular flexibility index (Phi) is 4.63. The molecular formula is C22H19N3O4S. The minimum Gasteiger partial charge on any atom is -0.454 e. The lowest BCUT2D eigenvalue weighted by Crippen LogP contribution is -2.20. The number of aromatic nitrogens is 1. The average Bonchev–Trinajstić information content (AvgIpc) is 3.42. The van der Waals surface area contributed by atoms with Crippen molar-refractivity contribution < 1.29 is 19.1 Å². The van der Waals surface area contributed by atoms with Crippen LogP contribution < -0.4 is 20.1 Å². The van der Waals surface area contributed by atoms with Gasteiger partial charge in [-0.1, -0.05) is 12.1 Å². The zero-order valence-electron chi connectivity index (χ0n) is 16.2. The fourth-order valence-corrected chi connectivity index (χ4v) is 4.73. The number of amides is 2. The molecular weight excluding hydrogens is 402 g/mol. The van der Waals surface area contributed by atoms with Crippen LogP contribution in [-0.2, 0) is 11.2 Å². The van der Waals surface area contributed by atoms with Crippen LogP contribution in [0.25, 0.3) is 0 Å². The van der Waals surface area contributed by atoms with Crippen molar-refractivity contribution in [1.82, 2.24) is 4.98 Å². The number of aryl methyl sites for hydroxylation is 2. The summed E-state index contributed by atoms with van der Waals surface area (Å²) in [5.41, 5.74) is 3.08.